The number of aliphatic imine (C=N–C) groups is 1. The van der Waals surface area contributed by atoms with E-state index in [1.807, 2.05) is 6.07 Å². The minimum Gasteiger partial charge on any atom is -0.497 e. The van der Waals surface area contributed by atoms with Gasteiger partial charge in [0.15, 0.2) is 17.5 Å². The molecular weight excluding hydrogens is 358 g/mol. The van der Waals surface area contributed by atoms with E-state index >= 15 is 0 Å². The van der Waals surface area contributed by atoms with Crippen LogP contribution in [0.1, 0.15) is 5.56 Å². The molecule has 1 heterocycles. The maximum atomic E-state index is 6.23. The van der Waals surface area contributed by atoms with E-state index in [9.17, 15) is 0 Å². The van der Waals surface area contributed by atoms with Crippen LogP contribution in [-0.2, 0) is 6.54 Å². The number of hydrogen-bond donors (Lipinski definition) is 2. The number of rotatable bonds is 5. The zero-order chi connectivity index (χ0) is 18.5. The number of nitrogens with one attached hydrogen (secondary N) is 1. The summed E-state index contributed by atoms with van der Waals surface area (Å²) in [6.45, 7) is 1.32. The third kappa shape index (κ3) is 4.05. The molecule has 0 atom stereocenters. The van der Waals surface area contributed by atoms with Gasteiger partial charge in [0.1, 0.15) is 24.7 Å². The fourth-order valence-corrected chi connectivity index (χ4v) is 2.81. The lowest BCUT2D eigenvalue weighted by atomic mass is 10.2. The molecule has 0 aliphatic carbocycles. The highest BCUT2D eigenvalue weighted by Crippen LogP contribution is 2.38. The van der Waals surface area contributed by atoms with E-state index in [1.54, 1.807) is 38.5 Å². The van der Waals surface area contributed by atoms with Gasteiger partial charge in [0.25, 0.3) is 0 Å². The van der Waals surface area contributed by atoms with Gasteiger partial charge in [-0.25, -0.2) is 4.99 Å². The van der Waals surface area contributed by atoms with E-state index in [0.717, 1.165) is 5.56 Å². The molecule has 0 saturated heterocycles. The molecule has 138 valence electrons. The number of anilines is 1. The molecule has 0 bridgehead atoms. The predicted molar refractivity (Wildman–Crippen MR) is 101 cm³/mol. The summed E-state index contributed by atoms with van der Waals surface area (Å²) in [5.41, 5.74) is 7.52. The molecule has 2 aromatic carbocycles. The Hall–Kier alpha value is -2.80. The number of halogens is 1. The van der Waals surface area contributed by atoms with Crippen LogP contribution in [0.2, 0.25) is 5.02 Å². The van der Waals surface area contributed by atoms with Crippen molar-refractivity contribution in [2.75, 3.05) is 32.8 Å². The smallest absolute Gasteiger partial charge is 0.193 e. The van der Waals surface area contributed by atoms with Crippen molar-refractivity contribution < 1.29 is 18.9 Å². The molecule has 2 aromatic rings. The van der Waals surface area contributed by atoms with Crippen molar-refractivity contribution in [3.8, 4) is 23.0 Å². The number of nitrogens with zero attached hydrogens (tertiary/aromatic N) is 1. The summed E-state index contributed by atoms with van der Waals surface area (Å²) in [4.78, 5) is 4.34. The zero-order valence-electron chi connectivity index (χ0n) is 14.5. The number of methoxy groups -OCH3 is 2. The average molecular weight is 378 g/mol. The molecular formula is C18H20ClN3O4. The molecule has 0 spiro atoms. The summed E-state index contributed by atoms with van der Waals surface area (Å²) in [5.74, 6) is 2.74. The third-order valence-corrected chi connectivity index (χ3v) is 4.04. The second-order valence-electron chi connectivity index (χ2n) is 5.49. The molecule has 0 unspecified atom stereocenters. The number of guanidine groups is 1. The number of nitrogens with two attached hydrogens (primary N) is 1. The molecule has 3 N–H and O–H groups in total. The van der Waals surface area contributed by atoms with Crippen molar-refractivity contribution in [3.63, 3.8) is 0 Å². The summed E-state index contributed by atoms with van der Waals surface area (Å²) in [6, 6.07) is 9.01. The van der Waals surface area contributed by atoms with Gasteiger partial charge in [-0.05, 0) is 29.8 Å². The highest BCUT2D eigenvalue weighted by molar-refractivity contribution is 6.32. The van der Waals surface area contributed by atoms with Crippen molar-refractivity contribution in [2.24, 2.45) is 10.7 Å². The van der Waals surface area contributed by atoms with Gasteiger partial charge in [-0.3, -0.25) is 0 Å². The van der Waals surface area contributed by atoms with Crippen LogP contribution in [0.5, 0.6) is 23.0 Å². The number of fused-ring (bicyclic) bond motifs is 1. The number of hydrogen-bond acceptors (Lipinski definition) is 5. The normalized spacial score (nSPS) is 13.3. The Labute approximate surface area is 156 Å². The maximum absolute atomic E-state index is 6.23. The summed E-state index contributed by atoms with van der Waals surface area (Å²) in [7, 11) is 3.17. The third-order valence-electron chi connectivity index (χ3n) is 3.76. The van der Waals surface area contributed by atoms with Crippen molar-refractivity contribution in [2.45, 2.75) is 6.54 Å². The molecule has 0 aromatic heterocycles. The van der Waals surface area contributed by atoms with Crippen LogP contribution in [0.15, 0.2) is 35.3 Å². The van der Waals surface area contributed by atoms with Gasteiger partial charge in [-0.1, -0.05) is 11.6 Å². The average Bonchev–Trinajstić information content (AvgIpc) is 2.66. The van der Waals surface area contributed by atoms with Crippen LogP contribution in [0.4, 0.5) is 5.69 Å². The predicted octanol–water partition coefficient (Wildman–Crippen LogP) is 3.06. The van der Waals surface area contributed by atoms with Gasteiger partial charge < -0.3 is 30.0 Å². The monoisotopic (exact) mass is 377 g/mol. The van der Waals surface area contributed by atoms with Crippen molar-refractivity contribution in [1.29, 1.82) is 0 Å². The summed E-state index contributed by atoms with van der Waals surface area (Å²) in [6.07, 6.45) is 0. The Bertz CT molecular complexity index is 826. The Balaban J connectivity index is 1.74. The lowest BCUT2D eigenvalue weighted by Gasteiger charge is -2.20. The summed E-state index contributed by atoms with van der Waals surface area (Å²) >= 11 is 6.23. The van der Waals surface area contributed by atoms with Crippen LogP contribution in [-0.4, -0.2) is 33.4 Å². The molecule has 0 radical (unpaired) electrons. The second-order valence-corrected chi connectivity index (χ2v) is 5.90. The van der Waals surface area contributed by atoms with Gasteiger partial charge in [0.05, 0.1) is 31.5 Å². The fourth-order valence-electron chi connectivity index (χ4n) is 2.52. The minimum absolute atomic E-state index is 0.238. The van der Waals surface area contributed by atoms with Crippen molar-refractivity contribution in [1.82, 2.24) is 0 Å². The Morgan fingerprint density at radius 2 is 2.00 bits per heavy atom. The van der Waals surface area contributed by atoms with Crippen LogP contribution in [0.25, 0.3) is 0 Å². The minimum atomic E-state index is 0.238. The molecule has 7 nitrogen and oxygen atoms in total. The molecule has 1 aliphatic heterocycles. The highest BCUT2D eigenvalue weighted by atomic mass is 35.5. The molecule has 0 amide bonds. The van der Waals surface area contributed by atoms with Crippen LogP contribution in [0, 0.1) is 0 Å². The topological polar surface area (TPSA) is 87.3 Å². The Morgan fingerprint density at radius 1 is 1.19 bits per heavy atom. The van der Waals surface area contributed by atoms with Crippen LogP contribution >= 0.6 is 11.6 Å². The standard InChI is InChI=1S/C18H20ClN3O4/c1-23-12-3-4-15(24-2)14(9-12)22-18(20)21-10-11-7-13(19)17-16(8-11)25-5-6-26-17/h3-4,7-9H,5-6,10H2,1-2H3,(H3,20,21,22). The first-order valence-corrected chi connectivity index (χ1v) is 8.35. The SMILES string of the molecule is COc1ccc(OC)c(NC(N)=NCc2cc(Cl)c3c(c2)OCCO3)c1. The van der Waals surface area contributed by atoms with E-state index in [4.69, 9.17) is 36.3 Å². The van der Waals surface area contributed by atoms with Crippen LogP contribution in [0.3, 0.4) is 0 Å². The highest BCUT2D eigenvalue weighted by Gasteiger charge is 2.16. The lowest BCUT2D eigenvalue weighted by molar-refractivity contribution is 0.171. The maximum Gasteiger partial charge on any atom is 0.193 e. The molecule has 0 fully saturated rings. The Kier molecular flexibility index (Phi) is 5.58. The van der Waals surface area contributed by atoms with E-state index in [0.29, 0.717) is 53.5 Å². The molecule has 3 rings (SSSR count). The first kappa shape index (κ1) is 18.0. The van der Waals surface area contributed by atoms with Gasteiger partial charge in [0, 0.05) is 6.07 Å². The van der Waals surface area contributed by atoms with Crippen molar-refractivity contribution >= 4 is 23.2 Å². The first-order valence-electron chi connectivity index (χ1n) is 7.97. The second kappa shape index (κ2) is 8.05. The van der Waals surface area contributed by atoms with Crippen LogP contribution < -0.4 is 30.0 Å². The zero-order valence-corrected chi connectivity index (χ0v) is 15.3. The largest absolute Gasteiger partial charge is 0.497 e. The summed E-state index contributed by atoms with van der Waals surface area (Å²) < 4.78 is 21.6. The molecule has 26 heavy (non-hydrogen) atoms. The molecule has 8 heteroatoms. The van der Waals surface area contributed by atoms with E-state index in [2.05, 4.69) is 10.3 Å². The van der Waals surface area contributed by atoms with E-state index < -0.39 is 0 Å². The van der Waals surface area contributed by atoms with Gasteiger partial charge in [-0.15, -0.1) is 0 Å². The number of ether oxygens (including phenoxy) is 4. The van der Waals surface area contributed by atoms with Gasteiger partial charge in [-0.2, -0.15) is 0 Å². The molecule has 0 saturated carbocycles. The Morgan fingerprint density at radius 3 is 2.77 bits per heavy atom. The quantitative estimate of drug-likeness (QED) is 0.615. The lowest BCUT2D eigenvalue weighted by Crippen LogP contribution is -2.23. The molecule has 1 aliphatic rings. The first-order chi connectivity index (χ1) is 12.6. The van der Waals surface area contributed by atoms with Gasteiger partial charge in [0.2, 0.25) is 0 Å². The summed E-state index contributed by atoms with van der Waals surface area (Å²) in [5, 5.41) is 3.51. The van der Waals surface area contributed by atoms with Crippen molar-refractivity contribution in [3.05, 3.63) is 40.9 Å². The van der Waals surface area contributed by atoms with Gasteiger partial charge >= 0.3 is 0 Å². The fraction of sp³-hybridized carbons (Fsp3) is 0.278. The van der Waals surface area contributed by atoms with E-state index in [-0.39, 0.29) is 5.96 Å². The van der Waals surface area contributed by atoms with E-state index in [1.165, 1.54) is 0 Å². The number of benzene rings is 2.